The Labute approximate surface area is 113 Å². The van der Waals surface area contributed by atoms with Gasteiger partial charge in [-0.2, -0.15) is 5.10 Å². The quantitative estimate of drug-likeness (QED) is 0.811. The Bertz CT molecular complexity index is 563. The molecule has 3 N–H and O–H groups in total. The average molecular weight is 260 g/mol. The van der Waals surface area contributed by atoms with E-state index in [-0.39, 0.29) is 0 Å². The minimum Gasteiger partial charge on any atom is -0.492 e. The second-order valence-electron chi connectivity index (χ2n) is 4.29. The van der Waals surface area contributed by atoms with Crippen LogP contribution in [0.25, 0.3) is 0 Å². The van der Waals surface area contributed by atoms with Crippen LogP contribution in [0.1, 0.15) is 19.5 Å². The number of nitrogens with one attached hydrogen (secondary N) is 1. The molecule has 0 atom stereocenters. The van der Waals surface area contributed by atoms with E-state index in [2.05, 4.69) is 17.3 Å². The van der Waals surface area contributed by atoms with Gasteiger partial charge in [-0.3, -0.25) is 4.68 Å². The van der Waals surface area contributed by atoms with Crippen molar-refractivity contribution in [2.45, 2.75) is 20.3 Å². The van der Waals surface area contributed by atoms with Crippen LogP contribution in [0.3, 0.4) is 0 Å². The maximum atomic E-state index is 6.10. The second-order valence-corrected chi connectivity index (χ2v) is 4.29. The number of ether oxygens (including phenoxy) is 1. The first-order valence-corrected chi connectivity index (χ1v) is 6.46. The average Bonchev–Trinajstić information content (AvgIpc) is 2.75. The van der Waals surface area contributed by atoms with E-state index in [1.807, 2.05) is 38.4 Å². The van der Waals surface area contributed by atoms with Crippen molar-refractivity contribution in [1.29, 1.82) is 0 Å². The molecular formula is C14H20N4O. The SMILES string of the molecule is CCOc1cccc(Nc2cn(C)nc2CC)c1N. The van der Waals surface area contributed by atoms with Gasteiger partial charge in [0.05, 0.1) is 29.4 Å². The number of rotatable bonds is 5. The first-order valence-electron chi connectivity index (χ1n) is 6.46. The van der Waals surface area contributed by atoms with Crippen molar-refractivity contribution in [3.05, 3.63) is 30.1 Å². The highest BCUT2D eigenvalue weighted by atomic mass is 16.5. The summed E-state index contributed by atoms with van der Waals surface area (Å²) in [5, 5.41) is 7.72. The Morgan fingerprint density at radius 3 is 2.79 bits per heavy atom. The Hall–Kier alpha value is -2.17. The lowest BCUT2D eigenvalue weighted by molar-refractivity contribution is 0.342. The third-order valence-corrected chi connectivity index (χ3v) is 2.88. The summed E-state index contributed by atoms with van der Waals surface area (Å²) >= 11 is 0. The molecule has 0 radical (unpaired) electrons. The van der Waals surface area contributed by atoms with Gasteiger partial charge < -0.3 is 15.8 Å². The van der Waals surface area contributed by atoms with Crippen LogP contribution in [0, 0.1) is 0 Å². The zero-order valence-electron chi connectivity index (χ0n) is 11.6. The standard InChI is InChI=1S/C14H20N4O/c1-4-10-12(9-18(3)17-10)16-11-7-6-8-13(14(11)15)19-5-2/h6-9,16H,4-5,15H2,1-3H3. The van der Waals surface area contributed by atoms with Crippen molar-refractivity contribution in [2.75, 3.05) is 17.7 Å². The molecule has 0 aliphatic heterocycles. The minimum absolute atomic E-state index is 0.598. The molecule has 0 aliphatic rings. The van der Waals surface area contributed by atoms with Gasteiger partial charge in [-0.25, -0.2) is 0 Å². The molecule has 0 bridgehead atoms. The van der Waals surface area contributed by atoms with Gasteiger partial charge in [0.2, 0.25) is 0 Å². The highest BCUT2D eigenvalue weighted by Gasteiger charge is 2.10. The fourth-order valence-electron chi connectivity index (χ4n) is 1.98. The van der Waals surface area contributed by atoms with E-state index in [9.17, 15) is 0 Å². The molecule has 19 heavy (non-hydrogen) atoms. The first kappa shape index (κ1) is 13.3. The number of hydrogen-bond donors (Lipinski definition) is 2. The molecule has 0 fully saturated rings. The van der Waals surface area contributed by atoms with Crippen LogP contribution >= 0.6 is 0 Å². The number of hydrogen-bond acceptors (Lipinski definition) is 4. The summed E-state index contributed by atoms with van der Waals surface area (Å²) in [6, 6.07) is 5.73. The smallest absolute Gasteiger partial charge is 0.144 e. The largest absolute Gasteiger partial charge is 0.492 e. The number of nitrogens with two attached hydrogens (primary N) is 1. The number of aryl methyl sites for hydroxylation is 2. The number of nitrogens with zero attached hydrogens (tertiary/aromatic N) is 2. The van der Waals surface area contributed by atoms with Gasteiger partial charge in [0.1, 0.15) is 5.75 Å². The van der Waals surface area contributed by atoms with Gasteiger partial charge in [-0.1, -0.05) is 13.0 Å². The van der Waals surface area contributed by atoms with Gasteiger partial charge in [-0.15, -0.1) is 0 Å². The lowest BCUT2D eigenvalue weighted by Crippen LogP contribution is -2.01. The molecule has 2 aromatic rings. The molecule has 0 saturated heterocycles. The molecule has 0 saturated carbocycles. The van der Waals surface area contributed by atoms with Gasteiger partial charge in [0.15, 0.2) is 0 Å². The zero-order chi connectivity index (χ0) is 13.8. The van der Waals surface area contributed by atoms with E-state index >= 15 is 0 Å². The monoisotopic (exact) mass is 260 g/mol. The predicted octanol–water partition coefficient (Wildman–Crippen LogP) is 2.71. The van der Waals surface area contributed by atoms with Crippen LogP contribution < -0.4 is 15.8 Å². The van der Waals surface area contributed by atoms with Crippen molar-refractivity contribution in [2.24, 2.45) is 7.05 Å². The zero-order valence-corrected chi connectivity index (χ0v) is 11.6. The Kier molecular flexibility index (Phi) is 3.94. The van der Waals surface area contributed by atoms with Crippen molar-refractivity contribution >= 4 is 17.1 Å². The fourth-order valence-corrected chi connectivity index (χ4v) is 1.98. The van der Waals surface area contributed by atoms with Crippen molar-refractivity contribution in [3.8, 4) is 5.75 Å². The number of benzene rings is 1. The summed E-state index contributed by atoms with van der Waals surface area (Å²) in [6.45, 7) is 4.62. The lowest BCUT2D eigenvalue weighted by atomic mass is 10.2. The maximum Gasteiger partial charge on any atom is 0.144 e. The molecule has 1 heterocycles. The molecule has 0 aliphatic carbocycles. The Morgan fingerprint density at radius 1 is 1.32 bits per heavy atom. The summed E-state index contributed by atoms with van der Waals surface area (Å²) in [4.78, 5) is 0. The summed E-state index contributed by atoms with van der Waals surface area (Å²) in [5.74, 6) is 0.703. The van der Waals surface area contributed by atoms with Crippen LogP contribution in [-0.2, 0) is 13.5 Å². The molecule has 1 aromatic carbocycles. The van der Waals surface area contributed by atoms with Gasteiger partial charge in [-0.05, 0) is 25.5 Å². The van der Waals surface area contributed by atoms with Crippen LogP contribution in [-0.4, -0.2) is 16.4 Å². The Morgan fingerprint density at radius 2 is 2.11 bits per heavy atom. The Balaban J connectivity index is 2.30. The molecule has 5 heteroatoms. The van der Waals surface area contributed by atoms with E-state index in [1.165, 1.54) is 0 Å². The first-order chi connectivity index (χ1) is 9.15. The molecule has 0 amide bonds. The van der Waals surface area contributed by atoms with Gasteiger partial charge in [0, 0.05) is 13.2 Å². The highest BCUT2D eigenvalue weighted by molar-refractivity contribution is 5.77. The summed E-state index contributed by atoms with van der Waals surface area (Å²) in [7, 11) is 1.91. The van der Waals surface area contributed by atoms with Crippen molar-refractivity contribution in [1.82, 2.24) is 9.78 Å². The summed E-state index contributed by atoms with van der Waals surface area (Å²) < 4.78 is 7.29. The summed E-state index contributed by atoms with van der Waals surface area (Å²) in [5.41, 5.74) is 9.56. The fraction of sp³-hybridized carbons (Fsp3) is 0.357. The minimum atomic E-state index is 0.598. The van der Waals surface area contributed by atoms with E-state index < -0.39 is 0 Å². The van der Waals surface area contributed by atoms with Crippen LogP contribution in [0.5, 0.6) is 5.75 Å². The van der Waals surface area contributed by atoms with E-state index in [1.54, 1.807) is 4.68 Å². The topological polar surface area (TPSA) is 65.1 Å². The lowest BCUT2D eigenvalue weighted by Gasteiger charge is -2.12. The number of aromatic nitrogens is 2. The number of nitrogen functional groups attached to an aromatic ring is 1. The highest BCUT2D eigenvalue weighted by Crippen LogP contribution is 2.32. The van der Waals surface area contributed by atoms with Crippen molar-refractivity contribution in [3.63, 3.8) is 0 Å². The number of anilines is 3. The second kappa shape index (κ2) is 5.65. The number of para-hydroxylation sites is 1. The molecule has 0 spiro atoms. The van der Waals surface area contributed by atoms with Crippen LogP contribution in [0.15, 0.2) is 24.4 Å². The van der Waals surface area contributed by atoms with Crippen molar-refractivity contribution < 1.29 is 4.74 Å². The molecule has 1 aromatic heterocycles. The molecule has 5 nitrogen and oxygen atoms in total. The molecule has 0 unspecified atom stereocenters. The van der Waals surface area contributed by atoms with Crippen LogP contribution in [0.4, 0.5) is 17.1 Å². The van der Waals surface area contributed by atoms with Gasteiger partial charge in [0.25, 0.3) is 0 Å². The molecule has 102 valence electrons. The summed E-state index contributed by atoms with van der Waals surface area (Å²) in [6.07, 6.45) is 2.82. The van der Waals surface area contributed by atoms with E-state index in [4.69, 9.17) is 10.5 Å². The predicted molar refractivity (Wildman–Crippen MR) is 77.9 cm³/mol. The van der Waals surface area contributed by atoms with E-state index in [0.29, 0.717) is 18.0 Å². The normalized spacial score (nSPS) is 10.5. The molecular weight excluding hydrogens is 240 g/mol. The molecule has 2 rings (SSSR count). The van der Waals surface area contributed by atoms with Crippen LogP contribution in [0.2, 0.25) is 0 Å². The maximum absolute atomic E-state index is 6.10. The van der Waals surface area contributed by atoms with E-state index in [0.717, 1.165) is 23.5 Å². The third-order valence-electron chi connectivity index (χ3n) is 2.88. The third kappa shape index (κ3) is 2.81. The van der Waals surface area contributed by atoms with Gasteiger partial charge >= 0.3 is 0 Å².